The Morgan fingerprint density at radius 2 is 1.66 bits per heavy atom. The van der Waals surface area contributed by atoms with E-state index in [1.165, 1.54) is 19.3 Å². The fraction of sp³-hybridized carbons (Fsp3) is 0.417. The van der Waals surface area contributed by atoms with Crippen LogP contribution >= 0.6 is 0 Å². The number of anilines is 1. The molecule has 0 heterocycles. The van der Waals surface area contributed by atoms with Crippen LogP contribution in [-0.2, 0) is 4.79 Å². The second-order valence-corrected chi connectivity index (χ2v) is 7.91. The lowest BCUT2D eigenvalue weighted by Gasteiger charge is -2.30. The number of carbonyl (C=O) groups excluding carboxylic acids is 2. The van der Waals surface area contributed by atoms with Crippen molar-refractivity contribution in [1.29, 1.82) is 0 Å². The average Bonchev–Trinajstić information content (AvgIpc) is 2.75. The molecule has 0 aromatic heterocycles. The summed E-state index contributed by atoms with van der Waals surface area (Å²) in [6, 6.07) is 17.3. The normalized spacial score (nSPS) is 15.7. The molecule has 2 amide bonds. The summed E-state index contributed by atoms with van der Waals surface area (Å²) in [6.45, 7) is 2.29. The van der Waals surface area contributed by atoms with Gasteiger partial charge in [-0.05, 0) is 44.5 Å². The molecule has 0 aliphatic heterocycles. The highest BCUT2D eigenvalue weighted by Crippen LogP contribution is 2.22. The number of hydrogen-bond acceptors (Lipinski definition) is 3. The molecule has 29 heavy (non-hydrogen) atoms. The minimum atomic E-state index is -0.196. The molecule has 1 saturated carbocycles. The van der Waals surface area contributed by atoms with Crippen LogP contribution in [0.5, 0.6) is 0 Å². The van der Waals surface area contributed by atoms with Crippen molar-refractivity contribution in [1.82, 2.24) is 10.2 Å². The largest absolute Gasteiger partial charge is 0.345 e. The Bertz CT molecular complexity index is 816. The third-order valence-electron chi connectivity index (χ3n) is 5.68. The minimum absolute atomic E-state index is 0.0885. The summed E-state index contributed by atoms with van der Waals surface area (Å²) in [5, 5.41) is 5.95. The first-order valence-electron chi connectivity index (χ1n) is 10.5. The summed E-state index contributed by atoms with van der Waals surface area (Å²) in [5.74, 6) is -0.285. The van der Waals surface area contributed by atoms with Gasteiger partial charge in [0.2, 0.25) is 5.91 Å². The van der Waals surface area contributed by atoms with Crippen molar-refractivity contribution in [2.24, 2.45) is 0 Å². The number of amides is 2. The maximum absolute atomic E-state index is 12.8. The van der Waals surface area contributed by atoms with Crippen LogP contribution in [0, 0.1) is 0 Å². The van der Waals surface area contributed by atoms with E-state index < -0.39 is 0 Å². The average molecular weight is 394 g/mol. The molecule has 1 aliphatic carbocycles. The molecule has 1 unspecified atom stereocenters. The lowest BCUT2D eigenvalue weighted by atomic mass is 9.94. The summed E-state index contributed by atoms with van der Waals surface area (Å²) in [6.07, 6.45) is 6.07. The van der Waals surface area contributed by atoms with Gasteiger partial charge in [0.15, 0.2) is 0 Å². The van der Waals surface area contributed by atoms with E-state index in [0.29, 0.717) is 23.8 Å². The van der Waals surface area contributed by atoms with Gasteiger partial charge < -0.3 is 10.6 Å². The predicted octanol–water partition coefficient (Wildman–Crippen LogP) is 4.38. The maximum Gasteiger partial charge on any atom is 0.253 e. The highest BCUT2D eigenvalue weighted by atomic mass is 16.2. The van der Waals surface area contributed by atoms with Gasteiger partial charge in [0, 0.05) is 6.04 Å². The predicted molar refractivity (Wildman–Crippen MR) is 117 cm³/mol. The van der Waals surface area contributed by atoms with Gasteiger partial charge in [-0.25, -0.2) is 0 Å². The highest BCUT2D eigenvalue weighted by molar-refractivity contribution is 6.04. The Morgan fingerprint density at radius 3 is 2.38 bits per heavy atom. The van der Waals surface area contributed by atoms with Crippen LogP contribution in [0.4, 0.5) is 5.69 Å². The van der Waals surface area contributed by atoms with Gasteiger partial charge in [0.25, 0.3) is 5.91 Å². The Morgan fingerprint density at radius 1 is 1.00 bits per heavy atom. The van der Waals surface area contributed by atoms with Gasteiger partial charge in [-0.1, -0.05) is 61.7 Å². The molecule has 2 aromatic rings. The molecule has 5 nitrogen and oxygen atoms in total. The SMILES string of the molecule is CC(NC(=O)c1ccccc1NC(=O)CN(C)C1CCCCC1)c1ccccc1. The van der Waals surface area contributed by atoms with Crippen LogP contribution in [0.2, 0.25) is 0 Å². The van der Waals surface area contributed by atoms with Crippen LogP contribution < -0.4 is 10.6 Å². The van der Waals surface area contributed by atoms with Crippen LogP contribution in [0.3, 0.4) is 0 Å². The Kier molecular flexibility index (Phi) is 7.42. The number of likely N-dealkylation sites (N-methyl/N-ethyl adjacent to an activating group) is 1. The van der Waals surface area contributed by atoms with Crippen molar-refractivity contribution in [3.8, 4) is 0 Å². The topological polar surface area (TPSA) is 61.4 Å². The first-order chi connectivity index (χ1) is 14.0. The van der Waals surface area contributed by atoms with Crippen LogP contribution in [0.15, 0.2) is 54.6 Å². The first kappa shape index (κ1) is 21.1. The number of hydrogen-bond donors (Lipinski definition) is 2. The second-order valence-electron chi connectivity index (χ2n) is 7.91. The highest BCUT2D eigenvalue weighted by Gasteiger charge is 2.21. The molecule has 1 aliphatic rings. The Hall–Kier alpha value is -2.66. The minimum Gasteiger partial charge on any atom is -0.345 e. The van der Waals surface area contributed by atoms with Gasteiger partial charge >= 0.3 is 0 Å². The van der Waals surface area contributed by atoms with E-state index in [-0.39, 0.29) is 17.9 Å². The number of carbonyl (C=O) groups is 2. The molecule has 0 bridgehead atoms. The molecule has 1 fully saturated rings. The van der Waals surface area contributed by atoms with Crippen molar-refractivity contribution in [2.75, 3.05) is 18.9 Å². The van der Waals surface area contributed by atoms with E-state index in [9.17, 15) is 9.59 Å². The van der Waals surface area contributed by atoms with Crippen LogP contribution in [0.25, 0.3) is 0 Å². The van der Waals surface area contributed by atoms with E-state index in [0.717, 1.165) is 18.4 Å². The Labute approximate surface area is 173 Å². The molecule has 1 atom stereocenters. The summed E-state index contributed by atoms with van der Waals surface area (Å²) in [4.78, 5) is 27.6. The van der Waals surface area contributed by atoms with E-state index >= 15 is 0 Å². The van der Waals surface area contributed by atoms with Gasteiger partial charge in [-0.3, -0.25) is 14.5 Å². The van der Waals surface area contributed by atoms with E-state index in [2.05, 4.69) is 15.5 Å². The molecule has 0 saturated heterocycles. The van der Waals surface area contributed by atoms with Gasteiger partial charge in [-0.2, -0.15) is 0 Å². The van der Waals surface area contributed by atoms with Crippen molar-refractivity contribution in [3.63, 3.8) is 0 Å². The molecular formula is C24H31N3O2. The summed E-state index contributed by atoms with van der Waals surface area (Å²) in [5.41, 5.74) is 2.06. The number of benzene rings is 2. The molecule has 5 heteroatoms. The lowest BCUT2D eigenvalue weighted by molar-refractivity contribution is -0.117. The number of nitrogens with zero attached hydrogens (tertiary/aromatic N) is 1. The third-order valence-corrected chi connectivity index (χ3v) is 5.68. The molecule has 0 spiro atoms. The molecule has 3 rings (SSSR count). The smallest absolute Gasteiger partial charge is 0.253 e. The van der Waals surface area contributed by atoms with E-state index in [1.807, 2.05) is 56.4 Å². The van der Waals surface area contributed by atoms with Gasteiger partial charge in [0.05, 0.1) is 23.8 Å². The summed E-state index contributed by atoms with van der Waals surface area (Å²) >= 11 is 0. The molecule has 154 valence electrons. The zero-order valence-electron chi connectivity index (χ0n) is 17.4. The summed E-state index contributed by atoms with van der Waals surface area (Å²) < 4.78 is 0. The van der Waals surface area contributed by atoms with Crippen molar-refractivity contribution in [2.45, 2.75) is 51.1 Å². The number of rotatable bonds is 7. The second kappa shape index (κ2) is 10.2. The standard InChI is InChI=1S/C24H31N3O2/c1-18(19-11-5-3-6-12-19)25-24(29)21-15-9-10-16-22(21)26-23(28)17-27(2)20-13-7-4-8-14-20/h3,5-6,9-12,15-16,18,20H,4,7-8,13-14,17H2,1-2H3,(H,25,29)(H,26,28). The quantitative estimate of drug-likeness (QED) is 0.734. The zero-order chi connectivity index (χ0) is 20.6. The Balaban J connectivity index is 1.62. The first-order valence-corrected chi connectivity index (χ1v) is 10.5. The van der Waals surface area contributed by atoms with E-state index in [4.69, 9.17) is 0 Å². The molecule has 2 aromatic carbocycles. The number of nitrogens with one attached hydrogen (secondary N) is 2. The van der Waals surface area contributed by atoms with Crippen molar-refractivity contribution < 1.29 is 9.59 Å². The molecular weight excluding hydrogens is 362 g/mol. The summed E-state index contributed by atoms with van der Waals surface area (Å²) in [7, 11) is 2.01. The lowest BCUT2D eigenvalue weighted by Crippen LogP contribution is -2.39. The van der Waals surface area contributed by atoms with Crippen molar-refractivity contribution in [3.05, 3.63) is 65.7 Å². The van der Waals surface area contributed by atoms with Gasteiger partial charge in [-0.15, -0.1) is 0 Å². The maximum atomic E-state index is 12.8. The number of para-hydroxylation sites is 1. The third kappa shape index (κ3) is 5.91. The van der Waals surface area contributed by atoms with Crippen LogP contribution in [-0.4, -0.2) is 36.3 Å². The zero-order valence-corrected chi connectivity index (χ0v) is 17.4. The van der Waals surface area contributed by atoms with E-state index in [1.54, 1.807) is 12.1 Å². The molecule has 0 radical (unpaired) electrons. The van der Waals surface area contributed by atoms with Gasteiger partial charge in [0.1, 0.15) is 0 Å². The molecule has 2 N–H and O–H groups in total. The fourth-order valence-corrected chi connectivity index (χ4v) is 3.96. The monoisotopic (exact) mass is 393 g/mol. The van der Waals surface area contributed by atoms with Crippen molar-refractivity contribution >= 4 is 17.5 Å². The fourth-order valence-electron chi connectivity index (χ4n) is 3.96. The van der Waals surface area contributed by atoms with Crippen LogP contribution in [0.1, 0.15) is 61.0 Å².